The van der Waals surface area contributed by atoms with Gasteiger partial charge in [-0.1, -0.05) is 42.0 Å². The van der Waals surface area contributed by atoms with Gasteiger partial charge < -0.3 is 5.11 Å². The van der Waals surface area contributed by atoms with Crippen LogP contribution < -0.4 is 0 Å². The fourth-order valence-corrected chi connectivity index (χ4v) is 2.53. The van der Waals surface area contributed by atoms with E-state index in [0.29, 0.717) is 0 Å². The molecule has 1 saturated carbocycles. The lowest BCUT2D eigenvalue weighted by Crippen LogP contribution is -2.12. The van der Waals surface area contributed by atoms with Crippen molar-refractivity contribution in [2.24, 2.45) is 0 Å². The summed E-state index contributed by atoms with van der Waals surface area (Å²) < 4.78 is 0. The Kier molecular flexibility index (Phi) is 2.05. The maximum Gasteiger partial charge on any atom is 0.0528 e. The molecule has 0 unspecified atom stereocenters. The number of rotatable bonds is 2. The Hall–Kier alpha value is -1.34. The van der Waals surface area contributed by atoms with E-state index in [4.69, 9.17) is 0 Å². The Morgan fingerprint density at radius 1 is 1.19 bits per heavy atom. The monoisotopic (exact) mass is 212 g/mol. The summed E-state index contributed by atoms with van der Waals surface area (Å²) in [5, 5.41) is 12.1. The van der Waals surface area contributed by atoms with Crippen molar-refractivity contribution in [2.75, 3.05) is 6.61 Å². The van der Waals surface area contributed by atoms with Gasteiger partial charge in [0, 0.05) is 5.41 Å². The Bertz CT molecular complexity index is 538. The van der Waals surface area contributed by atoms with E-state index in [2.05, 4.69) is 43.3 Å². The molecule has 0 saturated heterocycles. The first-order chi connectivity index (χ1) is 7.75. The standard InChI is InChI=1S/C15H16O/c1-11-5-6-13-12(9-11)3-2-4-14(13)15(10-16)7-8-15/h2-6,9,16H,7-8,10H2,1H3. The van der Waals surface area contributed by atoms with Gasteiger partial charge in [0.25, 0.3) is 0 Å². The molecule has 1 N–H and O–H groups in total. The molecule has 1 nitrogen and oxygen atoms in total. The second kappa shape index (κ2) is 3.33. The van der Waals surface area contributed by atoms with Crippen LogP contribution in [0.4, 0.5) is 0 Å². The molecule has 0 radical (unpaired) electrons. The zero-order chi connectivity index (χ0) is 11.2. The van der Waals surface area contributed by atoms with Gasteiger partial charge in [-0.05, 0) is 36.1 Å². The number of fused-ring (bicyclic) bond motifs is 1. The fraction of sp³-hybridized carbons (Fsp3) is 0.333. The first-order valence-corrected chi connectivity index (χ1v) is 5.86. The number of aliphatic hydroxyl groups is 1. The lowest BCUT2D eigenvalue weighted by Gasteiger charge is -2.15. The average molecular weight is 212 g/mol. The van der Waals surface area contributed by atoms with Crippen LogP contribution >= 0.6 is 0 Å². The molecule has 16 heavy (non-hydrogen) atoms. The van der Waals surface area contributed by atoms with Crippen LogP contribution in [-0.4, -0.2) is 11.7 Å². The van der Waals surface area contributed by atoms with Crippen molar-refractivity contribution in [2.45, 2.75) is 25.2 Å². The average Bonchev–Trinajstić information content (AvgIpc) is 3.08. The molecule has 2 aromatic carbocycles. The van der Waals surface area contributed by atoms with Crippen LogP contribution in [0, 0.1) is 6.92 Å². The van der Waals surface area contributed by atoms with Gasteiger partial charge in [0.15, 0.2) is 0 Å². The fourth-order valence-electron chi connectivity index (χ4n) is 2.53. The summed E-state index contributed by atoms with van der Waals surface area (Å²) in [7, 11) is 0. The van der Waals surface area contributed by atoms with E-state index in [1.54, 1.807) is 0 Å². The topological polar surface area (TPSA) is 20.2 Å². The highest BCUT2D eigenvalue weighted by molar-refractivity contribution is 5.87. The Morgan fingerprint density at radius 2 is 2.00 bits per heavy atom. The summed E-state index contributed by atoms with van der Waals surface area (Å²) in [6.45, 7) is 2.39. The quantitative estimate of drug-likeness (QED) is 0.810. The normalized spacial score (nSPS) is 17.6. The molecule has 0 atom stereocenters. The third-order valence-electron chi connectivity index (χ3n) is 3.76. The van der Waals surface area contributed by atoms with E-state index in [-0.39, 0.29) is 12.0 Å². The smallest absolute Gasteiger partial charge is 0.0528 e. The summed E-state index contributed by atoms with van der Waals surface area (Å²) in [5.74, 6) is 0. The van der Waals surface area contributed by atoms with Gasteiger partial charge in [-0.25, -0.2) is 0 Å². The number of hydrogen-bond acceptors (Lipinski definition) is 1. The van der Waals surface area contributed by atoms with Crippen molar-refractivity contribution in [1.82, 2.24) is 0 Å². The second-order valence-corrected chi connectivity index (χ2v) is 4.97. The molecule has 0 spiro atoms. The number of aryl methyl sites for hydroxylation is 1. The maximum atomic E-state index is 9.52. The zero-order valence-electron chi connectivity index (χ0n) is 9.53. The number of aliphatic hydroxyl groups excluding tert-OH is 1. The summed E-state index contributed by atoms with van der Waals surface area (Å²) in [6, 6.07) is 13.0. The molecule has 1 aliphatic rings. The van der Waals surface area contributed by atoms with Crippen LogP contribution in [0.3, 0.4) is 0 Å². The van der Waals surface area contributed by atoms with Crippen LogP contribution in [0.25, 0.3) is 10.8 Å². The van der Waals surface area contributed by atoms with Crippen LogP contribution in [0.2, 0.25) is 0 Å². The van der Waals surface area contributed by atoms with Gasteiger partial charge in [0.2, 0.25) is 0 Å². The van der Waals surface area contributed by atoms with E-state index in [0.717, 1.165) is 12.8 Å². The molecule has 1 heteroatoms. The highest BCUT2D eigenvalue weighted by atomic mass is 16.3. The van der Waals surface area contributed by atoms with Gasteiger partial charge in [-0.2, -0.15) is 0 Å². The highest BCUT2D eigenvalue weighted by Crippen LogP contribution is 2.49. The van der Waals surface area contributed by atoms with Gasteiger partial charge in [0.1, 0.15) is 0 Å². The van der Waals surface area contributed by atoms with Crippen molar-refractivity contribution in [3.8, 4) is 0 Å². The SMILES string of the molecule is Cc1ccc2c(C3(CO)CC3)cccc2c1. The minimum absolute atomic E-state index is 0.0643. The molecule has 1 fully saturated rings. The van der Waals surface area contributed by atoms with E-state index in [1.165, 1.54) is 21.9 Å². The third-order valence-corrected chi connectivity index (χ3v) is 3.76. The molecular weight excluding hydrogens is 196 g/mol. The summed E-state index contributed by atoms with van der Waals surface area (Å²) in [5.41, 5.74) is 2.68. The molecule has 0 amide bonds. The maximum absolute atomic E-state index is 9.52. The van der Waals surface area contributed by atoms with E-state index in [1.807, 2.05) is 0 Å². The molecule has 0 bridgehead atoms. The Labute approximate surface area is 95.7 Å². The molecular formula is C15H16O. The summed E-state index contributed by atoms with van der Waals surface area (Å²) >= 11 is 0. The first-order valence-electron chi connectivity index (χ1n) is 5.86. The van der Waals surface area contributed by atoms with Crippen LogP contribution in [0.5, 0.6) is 0 Å². The van der Waals surface area contributed by atoms with E-state index in [9.17, 15) is 5.11 Å². The lowest BCUT2D eigenvalue weighted by molar-refractivity contribution is 0.256. The van der Waals surface area contributed by atoms with Gasteiger partial charge in [-0.3, -0.25) is 0 Å². The van der Waals surface area contributed by atoms with Crippen molar-refractivity contribution >= 4 is 10.8 Å². The zero-order valence-corrected chi connectivity index (χ0v) is 9.53. The largest absolute Gasteiger partial charge is 0.395 e. The third kappa shape index (κ3) is 1.35. The van der Waals surface area contributed by atoms with Crippen LogP contribution in [0.1, 0.15) is 24.0 Å². The molecule has 2 aromatic rings. The molecule has 0 aromatic heterocycles. The minimum Gasteiger partial charge on any atom is -0.395 e. The molecule has 82 valence electrons. The van der Waals surface area contributed by atoms with Gasteiger partial charge in [0.05, 0.1) is 6.61 Å². The summed E-state index contributed by atoms with van der Waals surface area (Å²) in [6.07, 6.45) is 2.24. The highest BCUT2D eigenvalue weighted by Gasteiger charge is 2.44. The van der Waals surface area contributed by atoms with Crippen molar-refractivity contribution in [3.05, 3.63) is 47.5 Å². The molecule has 0 heterocycles. The minimum atomic E-state index is 0.0643. The Morgan fingerprint density at radius 3 is 2.69 bits per heavy atom. The van der Waals surface area contributed by atoms with Gasteiger partial charge in [-0.15, -0.1) is 0 Å². The van der Waals surface area contributed by atoms with Crippen molar-refractivity contribution < 1.29 is 5.11 Å². The molecule has 3 rings (SSSR count). The van der Waals surface area contributed by atoms with Gasteiger partial charge >= 0.3 is 0 Å². The van der Waals surface area contributed by atoms with Crippen LogP contribution in [-0.2, 0) is 5.41 Å². The van der Waals surface area contributed by atoms with Crippen LogP contribution in [0.15, 0.2) is 36.4 Å². The van der Waals surface area contributed by atoms with Crippen molar-refractivity contribution in [1.29, 1.82) is 0 Å². The summed E-state index contributed by atoms with van der Waals surface area (Å²) in [4.78, 5) is 0. The first kappa shape index (κ1) is 9.86. The van der Waals surface area contributed by atoms with E-state index >= 15 is 0 Å². The van der Waals surface area contributed by atoms with Crippen molar-refractivity contribution in [3.63, 3.8) is 0 Å². The number of hydrogen-bond donors (Lipinski definition) is 1. The van der Waals surface area contributed by atoms with E-state index < -0.39 is 0 Å². The Balaban J connectivity index is 2.26. The molecule has 0 aliphatic heterocycles. The predicted molar refractivity (Wildman–Crippen MR) is 66.7 cm³/mol. The second-order valence-electron chi connectivity index (χ2n) is 4.97. The lowest BCUT2D eigenvalue weighted by atomic mass is 9.91. The predicted octanol–water partition coefficient (Wildman–Crippen LogP) is 3.17. The molecule has 1 aliphatic carbocycles. The number of benzene rings is 2.